The highest BCUT2D eigenvalue weighted by atomic mass is 19.1. The zero-order valence-electron chi connectivity index (χ0n) is 10.9. The summed E-state index contributed by atoms with van der Waals surface area (Å²) in [6, 6.07) is 2.82. The van der Waals surface area contributed by atoms with E-state index in [1.165, 1.54) is 0 Å². The molecule has 20 heavy (non-hydrogen) atoms. The lowest BCUT2D eigenvalue weighted by Crippen LogP contribution is -2.05. The number of nitrogens with zero attached hydrogens (tertiary/aromatic N) is 3. The van der Waals surface area contributed by atoms with Gasteiger partial charge in [-0.05, 0) is 19.1 Å². The van der Waals surface area contributed by atoms with Crippen LogP contribution in [0.15, 0.2) is 18.2 Å². The quantitative estimate of drug-likeness (QED) is 0.908. The first-order valence-corrected chi connectivity index (χ1v) is 5.82. The third kappa shape index (κ3) is 3.28. The van der Waals surface area contributed by atoms with Crippen LogP contribution in [0, 0.1) is 11.6 Å². The zero-order valence-corrected chi connectivity index (χ0v) is 10.9. The Kier molecular flexibility index (Phi) is 4.24. The van der Waals surface area contributed by atoms with Crippen molar-refractivity contribution in [3.8, 4) is 17.8 Å². The Labute approximate surface area is 113 Å². The molecule has 0 saturated heterocycles. The molecule has 0 aliphatic heterocycles. The largest absolute Gasteiger partial charge is 0.464 e. The van der Waals surface area contributed by atoms with Crippen LogP contribution in [0.1, 0.15) is 6.92 Å². The molecular formula is C12H12F2N4O2. The minimum absolute atomic E-state index is 0.0457. The fourth-order valence-electron chi connectivity index (χ4n) is 1.35. The number of nitrogens with one attached hydrogen (secondary N) is 1. The molecule has 0 radical (unpaired) electrons. The molecule has 0 aliphatic rings. The van der Waals surface area contributed by atoms with Crippen LogP contribution in [-0.4, -0.2) is 28.6 Å². The molecule has 8 heteroatoms. The van der Waals surface area contributed by atoms with Gasteiger partial charge in [0.05, 0.1) is 6.61 Å². The minimum Gasteiger partial charge on any atom is -0.464 e. The first-order chi connectivity index (χ1) is 9.62. The normalized spacial score (nSPS) is 10.2. The summed E-state index contributed by atoms with van der Waals surface area (Å²) < 4.78 is 36.6. The van der Waals surface area contributed by atoms with E-state index in [1.807, 2.05) is 0 Å². The van der Waals surface area contributed by atoms with E-state index in [2.05, 4.69) is 20.3 Å². The predicted octanol–water partition coefficient (Wildman–Crippen LogP) is 2.38. The van der Waals surface area contributed by atoms with Crippen molar-refractivity contribution in [3.63, 3.8) is 0 Å². The highest BCUT2D eigenvalue weighted by molar-refractivity contribution is 5.30. The van der Waals surface area contributed by atoms with Crippen molar-refractivity contribution in [2.75, 3.05) is 19.0 Å². The van der Waals surface area contributed by atoms with Crippen LogP contribution in [0.5, 0.6) is 17.8 Å². The maximum Gasteiger partial charge on any atom is 0.330 e. The Morgan fingerprint density at radius 1 is 1.15 bits per heavy atom. The van der Waals surface area contributed by atoms with Gasteiger partial charge in [0.25, 0.3) is 0 Å². The molecule has 0 aliphatic carbocycles. The Balaban J connectivity index is 2.29. The van der Waals surface area contributed by atoms with Crippen LogP contribution < -0.4 is 14.8 Å². The lowest BCUT2D eigenvalue weighted by Gasteiger charge is -2.08. The lowest BCUT2D eigenvalue weighted by molar-refractivity contribution is 0.302. The number of rotatable bonds is 5. The van der Waals surface area contributed by atoms with Crippen LogP contribution in [0.2, 0.25) is 0 Å². The lowest BCUT2D eigenvalue weighted by atomic mass is 10.3. The summed E-state index contributed by atoms with van der Waals surface area (Å²) >= 11 is 0. The third-order valence-electron chi connectivity index (χ3n) is 2.19. The van der Waals surface area contributed by atoms with E-state index in [-0.39, 0.29) is 23.7 Å². The molecule has 0 fully saturated rings. The Hall–Kier alpha value is -2.51. The summed E-state index contributed by atoms with van der Waals surface area (Å²) in [6.45, 7) is 2.13. The first-order valence-electron chi connectivity index (χ1n) is 5.82. The summed E-state index contributed by atoms with van der Waals surface area (Å²) in [4.78, 5) is 11.7. The zero-order chi connectivity index (χ0) is 14.5. The SMILES string of the molecule is CCOc1nc(NC)nc(Oc2ccc(F)cc2F)n1. The van der Waals surface area contributed by atoms with E-state index in [9.17, 15) is 8.78 Å². The van der Waals surface area contributed by atoms with Crippen molar-refractivity contribution >= 4 is 5.95 Å². The second-order valence-electron chi connectivity index (χ2n) is 3.58. The second-order valence-corrected chi connectivity index (χ2v) is 3.58. The summed E-state index contributed by atoms with van der Waals surface area (Å²) in [5, 5.41) is 2.70. The molecule has 0 unspecified atom stereocenters. The van der Waals surface area contributed by atoms with E-state index in [4.69, 9.17) is 9.47 Å². The molecular weight excluding hydrogens is 270 g/mol. The first kappa shape index (κ1) is 13.9. The summed E-state index contributed by atoms with van der Waals surface area (Å²) in [6.07, 6.45) is 0. The van der Waals surface area contributed by atoms with Crippen LogP contribution in [0.3, 0.4) is 0 Å². The Morgan fingerprint density at radius 2 is 1.90 bits per heavy atom. The fourth-order valence-corrected chi connectivity index (χ4v) is 1.35. The van der Waals surface area contributed by atoms with E-state index >= 15 is 0 Å². The summed E-state index contributed by atoms with van der Waals surface area (Å²) in [7, 11) is 1.60. The van der Waals surface area contributed by atoms with E-state index in [0.717, 1.165) is 12.1 Å². The number of anilines is 1. The van der Waals surface area contributed by atoms with Crippen LogP contribution in [0.25, 0.3) is 0 Å². The molecule has 1 N–H and O–H groups in total. The van der Waals surface area contributed by atoms with E-state index in [0.29, 0.717) is 12.7 Å². The summed E-state index contributed by atoms with van der Waals surface area (Å²) in [5.41, 5.74) is 0. The van der Waals surface area contributed by atoms with E-state index < -0.39 is 11.6 Å². The van der Waals surface area contributed by atoms with Gasteiger partial charge >= 0.3 is 12.0 Å². The molecule has 2 rings (SSSR count). The number of halogens is 2. The topological polar surface area (TPSA) is 69.2 Å². The van der Waals surface area contributed by atoms with Gasteiger partial charge in [-0.25, -0.2) is 8.78 Å². The van der Waals surface area contributed by atoms with Crippen molar-refractivity contribution in [1.29, 1.82) is 0 Å². The monoisotopic (exact) mass is 282 g/mol. The maximum absolute atomic E-state index is 13.5. The smallest absolute Gasteiger partial charge is 0.330 e. The van der Waals surface area contributed by atoms with Gasteiger partial charge in [0.2, 0.25) is 5.95 Å². The molecule has 0 spiro atoms. The molecule has 1 heterocycles. The molecule has 0 bridgehead atoms. The average Bonchev–Trinajstić information content (AvgIpc) is 2.42. The molecule has 0 atom stereocenters. The van der Waals surface area contributed by atoms with Crippen LogP contribution in [-0.2, 0) is 0 Å². The molecule has 1 aromatic heterocycles. The van der Waals surface area contributed by atoms with Crippen LogP contribution in [0.4, 0.5) is 14.7 Å². The van der Waals surface area contributed by atoms with Gasteiger partial charge in [-0.1, -0.05) is 0 Å². The molecule has 106 valence electrons. The number of aromatic nitrogens is 3. The van der Waals surface area contributed by atoms with Crippen molar-refractivity contribution < 1.29 is 18.3 Å². The molecule has 6 nitrogen and oxygen atoms in total. The average molecular weight is 282 g/mol. The van der Waals surface area contributed by atoms with Gasteiger partial charge in [-0.15, -0.1) is 4.98 Å². The molecule has 1 aromatic carbocycles. The molecule has 2 aromatic rings. The number of ether oxygens (including phenoxy) is 2. The van der Waals surface area contributed by atoms with Gasteiger partial charge in [0.15, 0.2) is 11.6 Å². The highest BCUT2D eigenvalue weighted by Gasteiger charge is 2.11. The van der Waals surface area contributed by atoms with Gasteiger partial charge in [0.1, 0.15) is 5.82 Å². The second kappa shape index (κ2) is 6.09. The van der Waals surface area contributed by atoms with Crippen molar-refractivity contribution in [3.05, 3.63) is 29.8 Å². The standard InChI is InChI=1S/C12H12F2N4O2/c1-3-19-11-16-10(15-2)17-12(18-11)20-9-5-4-7(13)6-8(9)14/h4-6H,3H2,1-2H3,(H,15,16,17,18). The predicted molar refractivity (Wildman–Crippen MR) is 67.0 cm³/mol. The van der Waals surface area contributed by atoms with Crippen LogP contribution >= 0.6 is 0 Å². The Bertz CT molecular complexity index is 610. The van der Waals surface area contributed by atoms with Crippen molar-refractivity contribution in [1.82, 2.24) is 15.0 Å². The van der Waals surface area contributed by atoms with Gasteiger partial charge in [-0.3, -0.25) is 0 Å². The van der Waals surface area contributed by atoms with Gasteiger partial charge < -0.3 is 14.8 Å². The highest BCUT2D eigenvalue weighted by Crippen LogP contribution is 2.24. The number of hydrogen-bond acceptors (Lipinski definition) is 6. The molecule has 0 saturated carbocycles. The number of benzene rings is 1. The molecule has 0 amide bonds. The van der Waals surface area contributed by atoms with E-state index in [1.54, 1.807) is 14.0 Å². The van der Waals surface area contributed by atoms with Gasteiger partial charge in [0, 0.05) is 13.1 Å². The minimum atomic E-state index is -0.852. The van der Waals surface area contributed by atoms with Gasteiger partial charge in [-0.2, -0.15) is 9.97 Å². The number of hydrogen-bond donors (Lipinski definition) is 1. The third-order valence-corrected chi connectivity index (χ3v) is 2.19. The fraction of sp³-hybridized carbons (Fsp3) is 0.250. The Morgan fingerprint density at radius 3 is 2.55 bits per heavy atom. The summed E-state index contributed by atoms with van der Waals surface area (Å²) in [5.74, 6) is -1.53. The van der Waals surface area contributed by atoms with Crippen molar-refractivity contribution in [2.45, 2.75) is 6.92 Å². The maximum atomic E-state index is 13.5. The van der Waals surface area contributed by atoms with Crippen molar-refractivity contribution in [2.24, 2.45) is 0 Å².